The van der Waals surface area contributed by atoms with Crippen LogP contribution in [0.15, 0.2) is 12.2 Å². The molecular weight excluding hydrogens is 204 g/mol. The Bertz CT molecular complexity index is 264. The van der Waals surface area contributed by atoms with Gasteiger partial charge in [0.05, 0.1) is 0 Å². The van der Waals surface area contributed by atoms with E-state index in [1.807, 2.05) is 0 Å². The van der Waals surface area contributed by atoms with E-state index >= 15 is 0 Å². The standard InChI is InChI=1S/C17H30/c1-13(2)17(14(3)4)11-15-7-5-8-16(12-17)10-6-9-15/h5,7,13-16H,6,8-12H2,1-4H3/b7-5-. The first kappa shape index (κ1) is 13.2. The van der Waals surface area contributed by atoms with Crippen LogP contribution >= 0.6 is 0 Å². The molecule has 0 aromatic rings. The van der Waals surface area contributed by atoms with Crippen molar-refractivity contribution in [3.8, 4) is 0 Å². The summed E-state index contributed by atoms with van der Waals surface area (Å²) in [6.07, 6.45) is 13.7. The summed E-state index contributed by atoms with van der Waals surface area (Å²) in [5.74, 6) is 3.48. The fourth-order valence-electron chi connectivity index (χ4n) is 4.42. The molecule has 0 spiro atoms. The third kappa shape index (κ3) is 2.61. The molecule has 17 heavy (non-hydrogen) atoms. The van der Waals surface area contributed by atoms with Gasteiger partial charge in [0.25, 0.3) is 0 Å². The molecule has 2 atom stereocenters. The maximum atomic E-state index is 2.55. The largest absolute Gasteiger partial charge is 0.0880 e. The zero-order valence-corrected chi connectivity index (χ0v) is 12.2. The third-order valence-electron chi connectivity index (χ3n) is 5.68. The Morgan fingerprint density at radius 1 is 1.00 bits per heavy atom. The van der Waals surface area contributed by atoms with Gasteiger partial charge in [-0.3, -0.25) is 0 Å². The van der Waals surface area contributed by atoms with Gasteiger partial charge in [-0.25, -0.2) is 0 Å². The Labute approximate surface area is 108 Å². The molecule has 0 saturated heterocycles. The Kier molecular flexibility index (Phi) is 4.00. The van der Waals surface area contributed by atoms with Gasteiger partial charge in [-0.15, -0.1) is 0 Å². The normalized spacial score (nSPS) is 34.5. The molecule has 0 aliphatic heterocycles. The number of allylic oxidation sites excluding steroid dienone is 2. The van der Waals surface area contributed by atoms with Crippen LogP contribution in [0.3, 0.4) is 0 Å². The van der Waals surface area contributed by atoms with Crippen LogP contribution in [0.1, 0.15) is 66.2 Å². The first-order chi connectivity index (χ1) is 8.04. The second kappa shape index (κ2) is 5.16. The minimum atomic E-state index is 0.598. The Hall–Kier alpha value is -0.260. The molecule has 0 N–H and O–H groups in total. The monoisotopic (exact) mass is 234 g/mol. The quantitative estimate of drug-likeness (QED) is 0.558. The Balaban J connectivity index is 2.31. The summed E-state index contributed by atoms with van der Waals surface area (Å²) in [7, 11) is 0. The Morgan fingerprint density at radius 2 is 1.71 bits per heavy atom. The Morgan fingerprint density at radius 3 is 2.35 bits per heavy atom. The third-order valence-corrected chi connectivity index (χ3v) is 5.68. The van der Waals surface area contributed by atoms with Crippen molar-refractivity contribution in [1.82, 2.24) is 0 Å². The van der Waals surface area contributed by atoms with Gasteiger partial charge in [0, 0.05) is 0 Å². The first-order valence-electron chi connectivity index (χ1n) is 7.71. The minimum Gasteiger partial charge on any atom is -0.0880 e. The highest BCUT2D eigenvalue weighted by molar-refractivity contribution is 5.01. The molecule has 98 valence electrons. The predicted octanol–water partition coefficient (Wildman–Crippen LogP) is 5.44. The van der Waals surface area contributed by atoms with Crippen molar-refractivity contribution in [2.75, 3.05) is 0 Å². The summed E-state index contributed by atoms with van der Waals surface area (Å²) >= 11 is 0. The van der Waals surface area contributed by atoms with E-state index in [0.717, 1.165) is 23.7 Å². The molecule has 0 aromatic heterocycles. The number of fused-ring (bicyclic) bond motifs is 5. The van der Waals surface area contributed by atoms with Crippen molar-refractivity contribution in [3.05, 3.63) is 12.2 Å². The van der Waals surface area contributed by atoms with Crippen molar-refractivity contribution in [1.29, 1.82) is 0 Å². The van der Waals surface area contributed by atoms with Gasteiger partial charge < -0.3 is 0 Å². The van der Waals surface area contributed by atoms with Crippen LogP contribution in [0.25, 0.3) is 0 Å². The molecule has 0 heterocycles. The van der Waals surface area contributed by atoms with Crippen LogP contribution in [-0.2, 0) is 0 Å². The van der Waals surface area contributed by atoms with Gasteiger partial charge >= 0.3 is 0 Å². The first-order valence-corrected chi connectivity index (χ1v) is 7.71. The molecule has 1 fully saturated rings. The van der Waals surface area contributed by atoms with Crippen LogP contribution in [-0.4, -0.2) is 0 Å². The summed E-state index contributed by atoms with van der Waals surface area (Å²) in [4.78, 5) is 0. The average molecular weight is 234 g/mol. The van der Waals surface area contributed by atoms with Crippen molar-refractivity contribution in [2.45, 2.75) is 66.2 Å². The lowest BCUT2D eigenvalue weighted by Gasteiger charge is -2.48. The molecule has 2 unspecified atom stereocenters. The summed E-state index contributed by atoms with van der Waals surface area (Å²) in [5.41, 5.74) is 0.598. The second-order valence-electron chi connectivity index (χ2n) is 7.17. The van der Waals surface area contributed by atoms with E-state index in [0.29, 0.717) is 5.41 Å². The van der Waals surface area contributed by atoms with Gasteiger partial charge in [-0.1, -0.05) is 52.7 Å². The van der Waals surface area contributed by atoms with Crippen LogP contribution in [0.5, 0.6) is 0 Å². The zero-order valence-electron chi connectivity index (χ0n) is 12.2. The highest BCUT2D eigenvalue weighted by atomic mass is 14.5. The van der Waals surface area contributed by atoms with Gasteiger partial charge in [-0.2, -0.15) is 0 Å². The van der Waals surface area contributed by atoms with Crippen LogP contribution in [0.4, 0.5) is 0 Å². The summed E-state index contributed by atoms with van der Waals surface area (Å²) in [6, 6.07) is 0. The lowest BCUT2D eigenvalue weighted by atomic mass is 9.57. The van der Waals surface area contributed by atoms with Crippen LogP contribution in [0.2, 0.25) is 0 Å². The minimum absolute atomic E-state index is 0.598. The molecule has 0 nitrogen and oxygen atoms in total. The molecule has 2 bridgehead atoms. The molecule has 3 aliphatic rings. The van der Waals surface area contributed by atoms with Crippen LogP contribution < -0.4 is 0 Å². The van der Waals surface area contributed by atoms with Crippen molar-refractivity contribution >= 4 is 0 Å². The van der Waals surface area contributed by atoms with E-state index in [4.69, 9.17) is 0 Å². The fraction of sp³-hybridized carbons (Fsp3) is 0.882. The van der Waals surface area contributed by atoms with E-state index in [-0.39, 0.29) is 0 Å². The average Bonchev–Trinajstić information content (AvgIpc) is 2.13. The summed E-state index contributed by atoms with van der Waals surface area (Å²) < 4.78 is 0. The highest BCUT2D eigenvalue weighted by Gasteiger charge is 2.41. The SMILES string of the molecule is CC(C)C1(C(C)C)CC2/C=C\CC(CCC2)C1. The van der Waals surface area contributed by atoms with E-state index in [2.05, 4.69) is 39.8 Å². The molecule has 0 heteroatoms. The lowest BCUT2D eigenvalue weighted by molar-refractivity contribution is 0.0337. The second-order valence-corrected chi connectivity index (χ2v) is 7.17. The molecule has 3 aliphatic carbocycles. The van der Waals surface area contributed by atoms with Crippen LogP contribution in [0, 0.1) is 29.1 Å². The van der Waals surface area contributed by atoms with Gasteiger partial charge in [-0.05, 0) is 54.8 Å². The molecule has 0 amide bonds. The maximum absolute atomic E-state index is 2.55. The molecule has 1 saturated carbocycles. The zero-order chi connectivity index (χ0) is 12.5. The van der Waals surface area contributed by atoms with E-state index < -0.39 is 0 Å². The lowest BCUT2D eigenvalue weighted by Crippen LogP contribution is -2.39. The number of hydrogen-bond acceptors (Lipinski definition) is 0. The van der Waals surface area contributed by atoms with Crippen molar-refractivity contribution < 1.29 is 0 Å². The van der Waals surface area contributed by atoms with E-state index in [9.17, 15) is 0 Å². The van der Waals surface area contributed by atoms with Crippen molar-refractivity contribution in [3.63, 3.8) is 0 Å². The van der Waals surface area contributed by atoms with E-state index in [1.54, 1.807) is 0 Å². The summed E-state index contributed by atoms with van der Waals surface area (Å²) in [5, 5.41) is 0. The molecular formula is C17H30. The number of rotatable bonds is 2. The van der Waals surface area contributed by atoms with Gasteiger partial charge in [0.1, 0.15) is 0 Å². The summed E-state index contributed by atoms with van der Waals surface area (Å²) in [6.45, 7) is 9.84. The van der Waals surface area contributed by atoms with Gasteiger partial charge in [0.15, 0.2) is 0 Å². The number of hydrogen-bond donors (Lipinski definition) is 0. The van der Waals surface area contributed by atoms with Crippen molar-refractivity contribution in [2.24, 2.45) is 29.1 Å². The topological polar surface area (TPSA) is 0 Å². The molecule has 0 radical (unpaired) electrons. The molecule has 3 rings (SSSR count). The van der Waals surface area contributed by atoms with E-state index in [1.165, 1.54) is 38.5 Å². The smallest absolute Gasteiger partial charge is 0.0228 e. The highest BCUT2D eigenvalue weighted by Crippen LogP contribution is 2.51. The predicted molar refractivity (Wildman–Crippen MR) is 75.9 cm³/mol. The fourth-order valence-corrected chi connectivity index (χ4v) is 4.42. The molecule has 0 aromatic carbocycles. The van der Waals surface area contributed by atoms with Gasteiger partial charge in [0.2, 0.25) is 0 Å². The maximum Gasteiger partial charge on any atom is -0.0228 e.